The largest absolute Gasteiger partial charge is 0.467 e. The molecule has 1 amide bonds. The van der Waals surface area contributed by atoms with Gasteiger partial charge in [0.05, 0.1) is 12.8 Å². The molecular weight excluding hydrogens is 434 g/mol. The second kappa shape index (κ2) is 8.86. The van der Waals surface area contributed by atoms with Crippen LogP contribution in [0.3, 0.4) is 0 Å². The molecule has 4 rings (SSSR count). The van der Waals surface area contributed by atoms with E-state index in [1.54, 1.807) is 17.5 Å². The Labute approximate surface area is 186 Å². The maximum Gasteiger partial charge on any atom is 0.263 e. The van der Waals surface area contributed by atoms with Crippen LogP contribution in [0.5, 0.6) is 0 Å². The van der Waals surface area contributed by atoms with Gasteiger partial charge in [-0.15, -0.1) is 11.3 Å². The standard InChI is InChI=1S/C22H25N3O4S2/c1-16-5-6-17(2)19(14-16)24-8-10-25(11-9-24)31(27,28)20-7-13-30-21(20)22(26)23-15-18-4-3-12-29-18/h3-7,12-14H,8-11,15H2,1-2H3,(H,23,26). The summed E-state index contributed by atoms with van der Waals surface area (Å²) in [4.78, 5) is 15.1. The molecule has 1 N–H and O–H groups in total. The van der Waals surface area contributed by atoms with Crippen LogP contribution in [0.4, 0.5) is 5.69 Å². The quantitative estimate of drug-likeness (QED) is 0.611. The van der Waals surface area contributed by atoms with Gasteiger partial charge in [0.2, 0.25) is 10.0 Å². The summed E-state index contributed by atoms with van der Waals surface area (Å²) < 4.78 is 33.3. The Morgan fingerprint density at radius 3 is 2.61 bits per heavy atom. The highest BCUT2D eigenvalue weighted by Crippen LogP contribution is 2.28. The molecular formula is C22H25N3O4S2. The number of hydrogen-bond acceptors (Lipinski definition) is 6. The highest BCUT2D eigenvalue weighted by molar-refractivity contribution is 7.89. The van der Waals surface area contributed by atoms with E-state index in [9.17, 15) is 13.2 Å². The molecule has 2 aromatic heterocycles. The molecule has 1 fully saturated rings. The summed E-state index contributed by atoms with van der Waals surface area (Å²) in [5, 5.41) is 4.37. The molecule has 0 radical (unpaired) electrons. The number of rotatable bonds is 6. The van der Waals surface area contributed by atoms with Crippen LogP contribution in [0.15, 0.2) is 57.4 Å². The van der Waals surface area contributed by atoms with Crippen LogP contribution in [0.25, 0.3) is 0 Å². The molecule has 0 aliphatic carbocycles. The van der Waals surface area contributed by atoms with Gasteiger partial charge in [0, 0.05) is 31.9 Å². The smallest absolute Gasteiger partial charge is 0.263 e. The summed E-state index contributed by atoms with van der Waals surface area (Å²) in [6, 6.07) is 11.3. The molecule has 9 heteroatoms. The van der Waals surface area contributed by atoms with Gasteiger partial charge >= 0.3 is 0 Å². The third-order valence-electron chi connectivity index (χ3n) is 5.40. The third kappa shape index (κ3) is 4.53. The van der Waals surface area contributed by atoms with Crippen LogP contribution in [0, 0.1) is 13.8 Å². The molecule has 1 saturated heterocycles. The van der Waals surface area contributed by atoms with Crippen LogP contribution in [-0.4, -0.2) is 44.8 Å². The molecule has 7 nitrogen and oxygen atoms in total. The van der Waals surface area contributed by atoms with Crippen LogP contribution < -0.4 is 10.2 Å². The van der Waals surface area contributed by atoms with Crippen molar-refractivity contribution in [3.05, 3.63) is 69.8 Å². The van der Waals surface area contributed by atoms with Crippen molar-refractivity contribution in [3.8, 4) is 0 Å². The van der Waals surface area contributed by atoms with Crippen molar-refractivity contribution >= 4 is 33.0 Å². The molecule has 3 heterocycles. The van der Waals surface area contributed by atoms with Crippen LogP contribution in [-0.2, 0) is 16.6 Å². The number of anilines is 1. The summed E-state index contributed by atoms with van der Waals surface area (Å²) in [5.74, 6) is 0.191. The SMILES string of the molecule is Cc1ccc(C)c(N2CCN(S(=O)(=O)c3ccsc3C(=O)NCc3ccco3)CC2)c1. The van der Waals surface area contributed by atoms with Gasteiger partial charge in [-0.2, -0.15) is 4.31 Å². The van der Waals surface area contributed by atoms with E-state index < -0.39 is 15.9 Å². The topological polar surface area (TPSA) is 82.9 Å². The average Bonchev–Trinajstić information content (AvgIpc) is 3.46. The molecule has 3 aromatic rings. The van der Waals surface area contributed by atoms with E-state index in [0.717, 1.165) is 17.0 Å². The number of carbonyl (C=O) groups excluding carboxylic acids is 1. The van der Waals surface area contributed by atoms with E-state index in [1.807, 2.05) is 0 Å². The van der Waals surface area contributed by atoms with Crippen molar-refractivity contribution in [3.63, 3.8) is 0 Å². The maximum atomic E-state index is 13.3. The van der Waals surface area contributed by atoms with Gasteiger partial charge < -0.3 is 14.6 Å². The predicted molar refractivity (Wildman–Crippen MR) is 121 cm³/mol. The number of nitrogens with one attached hydrogen (secondary N) is 1. The summed E-state index contributed by atoms with van der Waals surface area (Å²) in [7, 11) is -3.76. The van der Waals surface area contributed by atoms with Crippen LogP contribution >= 0.6 is 11.3 Å². The lowest BCUT2D eigenvalue weighted by Gasteiger charge is -2.36. The minimum atomic E-state index is -3.76. The molecule has 1 aromatic carbocycles. The van der Waals surface area contributed by atoms with E-state index in [1.165, 1.54) is 27.8 Å². The number of benzene rings is 1. The minimum absolute atomic E-state index is 0.0645. The Kier molecular flexibility index (Phi) is 6.17. The average molecular weight is 460 g/mol. The third-order valence-corrected chi connectivity index (χ3v) is 8.38. The Morgan fingerprint density at radius 2 is 1.90 bits per heavy atom. The van der Waals surface area contributed by atoms with E-state index >= 15 is 0 Å². The number of thiophene rings is 1. The molecule has 164 valence electrons. The van der Waals surface area contributed by atoms with Gasteiger partial charge in [0.25, 0.3) is 5.91 Å². The summed E-state index contributed by atoms with van der Waals surface area (Å²) >= 11 is 1.13. The monoisotopic (exact) mass is 459 g/mol. The lowest BCUT2D eigenvalue weighted by molar-refractivity contribution is 0.0949. The Balaban J connectivity index is 1.46. The van der Waals surface area contributed by atoms with Crippen molar-refractivity contribution in [2.24, 2.45) is 0 Å². The first kappa shape index (κ1) is 21.6. The van der Waals surface area contributed by atoms with Gasteiger partial charge in [-0.25, -0.2) is 8.42 Å². The molecule has 1 aliphatic rings. The minimum Gasteiger partial charge on any atom is -0.467 e. The van der Waals surface area contributed by atoms with Crippen molar-refractivity contribution in [1.82, 2.24) is 9.62 Å². The number of piperazine rings is 1. The summed E-state index contributed by atoms with van der Waals surface area (Å²) in [6.07, 6.45) is 1.53. The molecule has 31 heavy (non-hydrogen) atoms. The molecule has 0 atom stereocenters. The van der Waals surface area contributed by atoms with Crippen LogP contribution in [0.1, 0.15) is 26.6 Å². The fourth-order valence-corrected chi connectivity index (χ4v) is 6.43. The second-order valence-electron chi connectivity index (χ2n) is 7.56. The van der Waals surface area contributed by atoms with Gasteiger partial charge in [-0.1, -0.05) is 12.1 Å². The molecule has 0 spiro atoms. The first-order chi connectivity index (χ1) is 14.9. The zero-order valence-corrected chi connectivity index (χ0v) is 19.1. The Hall–Kier alpha value is -2.62. The van der Waals surface area contributed by atoms with E-state index in [2.05, 4.69) is 42.3 Å². The zero-order valence-electron chi connectivity index (χ0n) is 17.5. The first-order valence-electron chi connectivity index (χ1n) is 10.1. The van der Waals surface area contributed by atoms with Crippen molar-refractivity contribution in [2.45, 2.75) is 25.3 Å². The highest BCUT2D eigenvalue weighted by Gasteiger charge is 2.32. The second-order valence-corrected chi connectivity index (χ2v) is 10.4. The molecule has 0 saturated carbocycles. The van der Waals surface area contributed by atoms with Gasteiger partial charge in [-0.3, -0.25) is 4.79 Å². The number of hydrogen-bond donors (Lipinski definition) is 1. The lowest BCUT2D eigenvalue weighted by Crippen LogP contribution is -2.49. The van der Waals surface area contributed by atoms with Crippen molar-refractivity contribution < 1.29 is 17.6 Å². The zero-order chi connectivity index (χ0) is 22.0. The van der Waals surface area contributed by atoms with Gasteiger partial charge in [0.1, 0.15) is 15.5 Å². The number of amides is 1. The van der Waals surface area contributed by atoms with Gasteiger partial charge in [-0.05, 0) is 54.6 Å². The summed E-state index contributed by atoms with van der Waals surface area (Å²) in [6.45, 7) is 6.28. The number of carbonyl (C=O) groups is 1. The fourth-order valence-electron chi connectivity index (χ4n) is 3.70. The fraction of sp³-hybridized carbons (Fsp3) is 0.318. The number of furan rings is 1. The molecule has 1 aliphatic heterocycles. The summed E-state index contributed by atoms with van der Waals surface area (Å²) in [5.41, 5.74) is 3.50. The van der Waals surface area contributed by atoms with Gasteiger partial charge in [0.15, 0.2) is 0 Å². The predicted octanol–water partition coefficient (Wildman–Crippen LogP) is 3.40. The first-order valence-corrected chi connectivity index (χ1v) is 12.4. The van der Waals surface area contributed by atoms with E-state index in [4.69, 9.17) is 4.42 Å². The Bertz CT molecular complexity index is 1160. The molecule has 0 unspecified atom stereocenters. The van der Waals surface area contributed by atoms with E-state index in [-0.39, 0.29) is 16.3 Å². The number of aryl methyl sites for hydroxylation is 2. The van der Waals surface area contributed by atoms with Crippen molar-refractivity contribution in [2.75, 3.05) is 31.1 Å². The van der Waals surface area contributed by atoms with E-state index in [0.29, 0.717) is 31.9 Å². The number of nitrogens with zero attached hydrogens (tertiary/aromatic N) is 2. The molecule has 0 bridgehead atoms. The van der Waals surface area contributed by atoms with Crippen molar-refractivity contribution in [1.29, 1.82) is 0 Å². The number of sulfonamides is 1. The maximum absolute atomic E-state index is 13.3. The highest BCUT2D eigenvalue weighted by atomic mass is 32.2. The van der Waals surface area contributed by atoms with Crippen LogP contribution in [0.2, 0.25) is 0 Å². The lowest BCUT2D eigenvalue weighted by atomic mass is 10.1. The Morgan fingerprint density at radius 1 is 1.13 bits per heavy atom. The normalized spacial score (nSPS) is 15.2.